The highest BCUT2D eigenvalue weighted by Gasteiger charge is 2.55. The summed E-state index contributed by atoms with van der Waals surface area (Å²) in [4.78, 5) is 26.5. The average Bonchev–Trinajstić information content (AvgIpc) is 3.51. The normalized spacial score (nSPS) is 21.7. The fraction of sp³-hybridized carbons (Fsp3) is 0.576. The molecule has 2 aromatic heterocycles. The highest BCUT2D eigenvalue weighted by Crippen LogP contribution is 2.50. The summed E-state index contributed by atoms with van der Waals surface area (Å²) >= 11 is 0. The van der Waals surface area contributed by atoms with E-state index >= 15 is 0 Å². The number of benzene rings is 1. The van der Waals surface area contributed by atoms with Gasteiger partial charge in [-0.25, -0.2) is 0 Å². The number of carbonyl (C=O) groups is 1. The van der Waals surface area contributed by atoms with Crippen LogP contribution in [0, 0.1) is 11.3 Å². The van der Waals surface area contributed by atoms with E-state index in [0.29, 0.717) is 49.5 Å². The highest BCUT2D eigenvalue weighted by molar-refractivity contribution is 5.79. The van der Waals surface area contributed by atoms with Crippen molar-refractivity contribution in [2.24, 2.45) is 11.3 Å². The molecule has 9 heteroatoms. The zero-order chi connectivity index (χ0) is 29.5. The summed E-state index contributed by atoms with van der Waals surface area (Å²) in [6.45, 7) is 10.8. The maximum Gasteiger partial charge on any atom is 0.230 e. The molecule has 1 unspecified atom stereocenters. The van der Waals surface area contributed by atoms with Crippen molar-refractivity contribution in [2.45, 2.75) is 63.9 Å². The number of piperidine rings is 1. The van der Waals surface area contributed by atoms with Crippen LogP contribution < -0.4 is 0 Å². The molecule has 3 aliphatic heterocycles. The van der Waals surface area contributed by atoms with Crippen LogP contribution in [0.3, 0.4) is 0 Å². The second kappa shape index (κ2) is 11.5. The predicted molar refractivity (Wildman–Crippen MR) is 159 cm³/mol. The molecule has 3 saturated heterocycles. The van der Waals surface area contributed by atoms with Gasteiger partial charge in [0.2, 0.25) is 17.6 Å². The molecule has 1 atom stereocenters. The largest absolute Gasteiger partial charge is 0.381 e. The molecular weight excluding hydrogens is 530 g/mol. The molecule has 1 N–H and O–H groups in total. The van der Waals surface area contributed by atoms with Crippen molar-refractivity contribution in [3.8, 4) is 11.4 Å². The van der Waals surface area contributed by atoms with Gasteiger partial charge >= 0.3 is 0 Å². The van der Waals surface area contributed by atoms with E-state index in [1.165, 1.54) is 5.56 Å². The summed E-state index contributed by atoms with van der Waals surface area (Å²) in [6.07, 6.45) is 6.71. The van der Waals surface area contributed by atoms with E-state index in [2.05, 4.69) is 67.1 Å². The summed E-state index contributed by atoms with van der Waals surface area (Å²) < 4.78 is 11.2. The number of nitrogens with zero attached hydrogens (tertiary/aromatic N) is 5. The Morgan fingerprint density at radius 1 is 1.05 bits per heavy atom. The van der Waals surface area contributed by atoms with Gasteiger partial charge in [-0.05, 0) is 55.8 Å². The zero-order valence-electron chi connectivity index (χ0n) is 25.3. The molecule has 1 aromatic carbocycles. The molecule has 42 heavy (non-hydrogen) atoms. The van der Waals surface area contributed by atoms with Crippen LogP contribution in [-0.4, -0.2) is 82.4 Å². The van der Waals surface area contributed by atoms with Crippen LogP contribution in [0.1, 0.15) is 80.9 Å². The minimum Gasteiger partial charge on any atom is -0.381 e. The third kappa shape index (κ3) is 5.27. The maximum atomic E-state index is 13.0. The summed E-state index contributed by atoms with van der Waals surface area (Å²) in [6, 6.07) is 10.3. The smallest absolute Gasteiger partial charge is 0.230 e. The predicted octanol–water partition coefficient (Wildman–Crippen LogP) is 4.58. The molecule has 5 heterocycles. The van der Waals surface area contributed by atoms with Crippen LogP contribution in [0.15, 0.2) is 47.2 Å². The van der Waals surface area contributed by atoms with Gasteiger partial charge in [-0.1, -0.05) is 50.2 Å². The van der Waals surface area contributed by atoms with Gasteiger partial charge in [0, 0.05) is 80.2 Å². The van der Waals surface area contributed by atoms with Crippen molar-refractivity contribution in [3.05, 3.63) is 65.3 Å². The topological polar surface area (TPSA) is 105 Å². The van der Waals surface area contributed by atoms with E-state index in [1.54, 1.807) is 12.4 Å². The van der Waals surface area contributed by atoms with Crippen molar-refractivity contribution in [2.75, 3.05) is 46.4 Å². The lowest BCUT2D eigenvalue weighted by molar-refractivity contribution is -0.139. The Morgan fingerprint density at radius 2 is 1.74 bits per heavy atom. The van der Waals surface area contributed by atoms with Crippen molar-refractivity contribution >= 4 is 5.91 Å². The van der Waals surface area contributed by atoms with Crippen LogP contribution in [-0.2, 0) is 15.1 Å². The Bertz CT molecular complexity index is 1390. The molecule has 0 saturated carbocycles. The van der Waals surface area contributed by atoms with Crippen LogP contribution in [0.4, 0.5) is 0 Å². The Morgan fingerprint density at radius 3 is 2.38 bits per heavy atom. The van der Waals surface area contributed by atoms with Crippen LogP contribution in [0.5, 0.6) is 0 Å². The summed E-state index contributed by atoms with van der Waals surface area (Å²) in [5.74, 6) is 1.92. The van der Waals surface area contributed by atoms with Gasteiger partial charge in [-0.15, -0.1) is 0 Å². The van der Waals surface area contributed by atoms with Gasteiger partial charge in [0.15, 0.2) is 0 Å². The lowest BCUT2D eigenvalue weighted by atomic mass is 9.62. The standard InChI is InChI=1S/C33H43N5O4/c1-22(2)23-5-7-27(8-6-23)33(40,32(3)20-37(4)21-32)28-17-26(18-34-19-28)29-35-30(42-36-29)24-9-13-38(14-10-24)31(39)25-11-15-41-16-12-25/h5-8,17-19,22,24-25,40H,9-16,20-21H2,1-4H3. The number of amides is 1. The Kier molecular flexibility index (Phi) is 7.93. The van der Waals surface area contributed by atoms with Gasteiger partial charge in [-0.2, -0.15) is 4.98 Å². The quantitative estimate of drug-likeness (QED) is 0.438. The molecule has 0 aliphatic carbocycles. The number of carbonyl (C=O) groups excluding carboxylic acids is 1. The van der Waals surface area contributed by atoms with Gasteiger partial charge in [0.25, 0.3) is 0 Å². The first-order valence-electron chi connectivity index (χ1n) is 15.4. The number of aliphatic hydroxyl groups is 1. The number of hydrogen-bond donors (Lipinski definition) is 1. The van der Waals surface area contributed by atoms with Crippen molar-refractivity contribution in [1.82, 2.24) is 24.9 Å². The van der Waals surface area contributed by atoms with Crippen LogP contribution in [0.2, 0.25) is 0 Å². The van der Waals surface area contributed by atoms with E-state index < -0.39 is 5.60 Å². The lowest BCUT2D eigenvalue weighted by Gasteiger charge is -2.55. The zero-order valence-corrected chi connectivity index (χ0v) is 25.3. The van der Waals surface area contributed by atoms with E-state index in [9.17, 15) is 9.90 Å². The molecule has 6 rings (SSSR count). The van der Waals surface area contributed by atoms with Crippen molar-refractivity contribution in [1.29, 1.82) is 0 Å². The summed E-state index contributed by atoms with van der Waals surface area (Å²) in [5, 5.41) is 16.9. The number of likely N-dealkylation sites (tertiary alicyclic amines) is 2. The monoisotopic (exact) mass is 573 g/mol. The lowest BCUT2D eigenvalue weighted by Crippen LogP contribution is -2.63. The molecule has 3 aromatic rings. The van der Waals surface area contributed by atoms with Gasteiger partial charge in [0.1, 0.15) is 5.60 Å². The fourth-order valence-corrected chi connectivity index (χ4v) is 7.17. The summed E-state index contributed by atoms with van der Waals surface area (Å²) in [5.41, 5.74) is 1.90. The number of aromatic nitrogens is 3. The number of hydrogen-bond acceptors (Lipinski definition) is 8. The first-order valence-corrected chi connectivity index (χ1v) is 15.4. The van der Waals surface area contributed by atoms with E-state index in [1.807, 2.05) is 11.0 Å². The van der Waals surface area contributed by atoms with Crippen LogP contribution >= 0.6 is 0 Å². The second-order valence-corrected chi connectivity index (χ2v) is 13.1. The van der Waals surface area contributed by atoms with E-state index in [4.69, 9.17) is 14.2 Å². The molecule has 0 bridgehead atoms. The third-order valence-corrected chi connectivity index (χ3v) is 9.69. The Balaban J connectivity index is 1.21. The molecule has 224 valence electrons. The molecule has 0 spiro atoms. The molecule has 3 aliphatic rings. The molecule has 3 fully saturated rings. The fourth-order valence-electron chi connectivity index (χ4n) is 7.17. The minimum atomic E-state index is -1.24. The van der Waals surface area contributed by atoms with Crippen molar-refractivity contribution < 1.29 is 19.2 Å². The number of rotatable bonds is 7. The molecule has 1 amide bonds. The van der Waals surface area contributed by atoms with Gasteiger partial charge in [-0.3, -0.25) is 9.78 Å². The molecule has 9 nitrogen and oxygen atoms in total. The number of ether oxygens (including phenoxy) is 1. The average molecular weight is 574 g/mol. The highest BCUT2D eigenvalue weighted by atomic mass is 16.5. The Labute approximate surface area is 248 Å². The van der Waals surface area contributed by atoms with Crippen molar-refractivity contribution in [3.63, 3.8) is 0 Å². The second-order valence-electron chi connectivity index (χ2n) is 13.1. The number of pyridine rings is 1. The van der Waals surface area contributed by atoms with Crippen LogP contribution in [0.25, 0.3) is 11.4 Å². The first-order chi connectivity index (χ1) is 20.2. The van der Waals surface area contributed by atoms with Gasteiger partial charge < -0.3 is 24.2 Å². The first kappa shape index (κ1) is 29.0. The van der Waals surface area contributed by atoms with E-state index in [-0.39, 0.29) is 23.2 Å². The van der Waals surface area contributed by atoms with E-state index in [0.717, 1.165) is 49.9 Å². The summed E-state index contributed by atoms with van der Waals surface area (Å²) in [7, 11) is 2.07. The third-order valence-electron chi connectivity index (χ3n) is 9.69. The van der Waals surface area contributed by atoms with Gasteiger partial charge in [0.05, 0.1) is 0 Å². The molecular formula is C33H43N5O4. The molecule has 0 radical (unpaired) electrons. The minimum absolute atomic E-state index is 0.0828. The maximum absolute atomic E-state index is 13.0. The SMILES string of the molecule is CC(C)c1ccc(C(O)(c2cncc(-c3noc(C4CCN(C(=O)C5CCOCC5)CC4)n3)c2)C2(C)CN(C)C2)cc1. The Hall–Kier alpha value is -3.14.